The van der Waals surface area contributed by atoms with Gasteiger partial charge in [-0.1, -0.05) is 35.9 Å². The van der Waals surface area contributed by atoms with E-state index in [1.807, 2.05) is 48.4 Å². The average Bonchev–Trinajstić information content (AvgIpc) is 3.16. The first kappa shape index (κ1) is 17.7. The normalized spacial score (nSPS) is 18.6. The summed E-state index contributed by atoms with van der Waals surface area (Å²) in [6, 6.07) is 11.9. The molecular formula is C20H24N2O2S. The largest absolute Gasteiger partial charge is 0.349 e. The predicted molar refractivity (Wildman–Crippen MR) is 101 cm³/mol. The van der Waals surface area contributed by atoms with Gasteiger partial charge in [-0.25, -0.2) is 0 Å². The number of aryl methyl sites for hydroxylation is 1. The highest BCUT2D eigenvalue weighted by atomic mass is 32.1. The summed E-state index contributed by atoms with van der Waals surface area (Å²) in [5.41, 5.74) is 2.30. The Morgan fingerprint density at radius 3 is 2.68 bits per heavy atom. The van der Waals surface area contributed by atoms with Crippen molar-refractivity contribution in [3.05, 3.63) is 57.8 Å². The Labute approximate surface area is 152 Å². The second-order valence-corrected chi connectivity index (χ2v) is 7.66. The molecule has 0 saturated carbocycles. The van der Waals surface area contributed by atoms with Crippen LogP contribution in [0.4, 0.5) is 0 Å². The lowest BCUT2D eigenvalue weighted by Crippen LogP contribution is -2.45. The molecule has 5 heteroatoms. The molecule has 25 heavy (non-hydrogen) atoms. The van der Waals surface area contributed by atoms with Crippen LogP contribution < -0.4 is 5.32 Å². The van der Waals surface area contributed by atoms with Crippen LogP contribution >= 0.6 is 11.3 Å². The summed E-state index contributed by atoms with van der Waals surface area (Å²) in [7, 11) is 0. The van der Waals surface area contributed by atoms with Crippen molar-refractivity contribution in [1.29, 1.82) is 0 Å². The summed E-state index contributed by atoms with van der Waals surface area (Å²) in [6.45, 7) is 5.28. The second-order valence-electron chi connectivity index (χ2n) is 6.71. The van der Waals surface area contributed by atoms with Crippen LogP contribution in [0.3, 0.4) is 0 Å². The van der Waals surface area contributed by atoms with E-state index in [0.717, 1.165) is 29.8 Å². The molecule has 2 amide bonds. The predicted octanol–water partition coefficient (Wildman–Crippen LogP) is 3.79. The first-order chi connectivity index (χ1) is 12.0. The lowest BCUT2D eigenvalue weighted by atomic mass is 9.96. The molecule has 2 unspecified atom stereocenters. The van der Waals surface area contributed by atoms with Gasteiger partial charge >= 0.3 is 0 Å². The van der Waals surface area contributed by atoms with Gasteiger partial charge in [0.15, 0.2) is 0 Å². The van der Waals surface area contributed by atoms with Crippen molar-refractivity contribution < 1.29 is 9.59 Å². The van der Waals surface area contributed by atoms with Gasteiger partial charge in [0, 0.05) is 13.1 Å². The zero-order chi connectivity index (χ0) is 17.8. The summed E-state index contributed by atoms with van der Waals surface area (Å²) in [5, 5.41) is 5.01. The molecular weight excluding hydrogens is 332 g/mol. The number of nitrogens with zero attached hydrogens (tertiary/aromatic N) is 1. The minimum absolute atomic E-state index is 0.0310. The van der Waals surface area contributed by atoms with Gasteiger partial charge < -0.3 is 10.2 Å². The van der Waals surface area contributed by atoms with Crippen LogP contribution in [0.25, 0.3) is 0 Å². The van der Waals surface area contributed by atoms with E-state index in [2.05, 4.69) is 17.4 Å². The van der Waals surface area contributed by atoms with Crippen molar-refractivity contribution >= 4 is 23.2 Å². The Hall–Kier alpha value is -2.14. The third-order valence-corrected chi connectivity index (χ3v) is 5.61. The number of benzene rings is 1. The molecule has 1 saturated heterocycles. The molecule has 1 fully saturated rings. The Balaban J connectivity index is 1.60. The van der Waals surface area contributed by atoms with Crippen LogP contribution in [0.5, 0.6) is 0 Å². The molecule has 0 spiro atoms. The summed E-state index contributed by atoms with van der Waals surface area (Å²) in [4.78, 5) is 27.7. The van der Waals surface area contributed by atoms with Gasteiger partial charge in [0.1, 0.15) is 0 Å². The van der Waals surface area contributed by atoms with Crippen molar-refractivity contribution in [1.82, 2.24) is 10.2 Å². The van der Waals surface area contributed by atoms with Crippen LogP contribution in [0.2, 0.25) is 0 Å². The minimum Gasteiger partial charge on any atom is -0.349 e. The molecule has 0 aliphatic carbocycles. The Kier molecular flexibility index (Phi) is 5.53. The standard InChI is InChI=1S/C20H24N2O2S/c1-14-7-9-16(10-8-14)15(2)21-19(23)17-5-3-11-22(13-17)20(24)18-6-4-12-25-18/h4,6-10,12,15,17H,3,5,11,13H2,1-2H3,(H,21,23). The van der Waals surface area contributed by atoms with Crippen LogP contribution in [0.1, 0.15) is 46.6 Å². The van der Waals surface area contributed by atoms with Crippen LogP contribution in [-0.2, 0) is 4.79 Å². The van der Waals surface area contributed by atoms with Gasteiger partial charge in [0.25, 0.3) is 5.91 Å². The molecule has 2 heterocycles. The average molecular weight is 356 g/mol. The number of rotatable bonds is 4. The number of carbonyl (C=O) groups is 2. The Morgan fingerprint density at radius 1 is 1.24 bits per heavy atom. The molecule has 0 bridgehead atoms. The molecule has 1 aliphatic heterocycles. The quantitative estimate of drug-likeness (QED) is 0.906. The molecule has 1 aromatic carbocycles. The monoisotopic (exact) mass is 356 g/mol. The number of carbonyl (C=O) groups excluding carboxylic acids is 2. The molecule has 2 atom stereocenters. The van der Waals surface area contributed by atoms with Gasteiger partial charge in [-0.2, -0.15) is 0 Å². The molecule has 132 valence electrons. The van der Waals surface area contributed by atoms with E-state index >= 15 is 0 Å². The van der Waals surface area contributed by atoms with Gasteiger partial charge in [-0.15, -0.1) is 11.3 Å². The number of piperidine rings is 1. The summed E-state index contributed by atoms with van der Waals surface area (Å²) in [6.07, 6.45) is 1.70. The fourth-order valence-corrected chi connectivity index (χ4v) is 3.89. The number of hydrogen-bond donors (Lipinski definition) is 1. The highest BCUT2D eigenvalue weighted by molar-refractivity contribution is 7.12. The number of likely N-dealkylation sites (tertiary alicyclic amines) is 1. The fourth-order valence-electron chi connectivity index (χ4n) is 3.20. The van der Waals surface area contributed by atoms with Gasteiger partial charge in [0.2, 0.25) is 5.91 Å². The molecule has 0 radical (unpaired) electrons. The van der Waals surface area contributed by atoms with Crippen molar-refractivity contribution in [2.75, 3.05) is 13.1 Å². The number of nitrogens with one attached hydrogen (secondary N) is 1. The summed E-state index contributed by atoms with van der Waals surface area (Å²) in [5.74, 6) is -0.0543. The van der Waals surface area contributed by atoms with Crippen molar-refractivity contribution in [3.63, 3.8) is 0 Å². The maximum absolute atomic E-state index is 12.7. The molecule has 1 aliphatic rings. The van der Waals surface area contributed by atoms with Crippen molar-refractivity contribution in [3.8, 4) is 0 Å². The van der Waals surface area contributed by atoms with E-state index in [0.29, 0.717) is 6.54 Å². The van der Waals surface area contributed by atoms with E-state index in [9.17, 15) is 9.59 Å². The van der Waals surface area contributed by atoms with Gasteiger partial charge in [-0.05, 0) is 43.7 Å². The lowest BCUT2D eigenvalue weighted by molar-refractivity contribution is -0.127. The van der Waals surface area contributed by atoms with Gasteiger partial charge in [0.05, 0.1) is 16.8 Å². The van der Waals surface area contributed by atoms with E-state index in [4.69, 9.17) is 0 Å². The first-order valence-corrected chi connectivity index (χ1v) is 9.62. The molecule has 3 rings (SSSR count). The van der Waals surface area contributed by atoms with Crippen molar-refractivity contribution in [2.45, 2.75) is 32.7 Å². The topological polar surface area (TPSA) is 49.4 Å². The van der Waals surface area contributed by atoms with E-state index in [1.54, 1.807) is 0 Å². The molecule has 4 nitrogen and oxygen atoms in total. The summed E-state index contributed by atoms with van der Waals surface area (Å²) < 4.78 is 0. The van der Waals surface area contributed by atoms with Crippen LogP contribution in [0, 0.1) is 12.8 Å². The first-order valence-electron chi connectivity index (χ1n) is 8.74. The molecule has 1 aromatic heterocycles. The smallest absolute Gasteiger partial charge is 0.263 e. The molecule has 1 N–H and O–H groups in total. The SMILES string of the molecule is Cc1ccc(C(C)NC(=O)C2CCCN(C(=O)c3cccs3)C2)cc1. The van der Waals surface area contributed by atoms with Crippen LogP contribution in [-0.4, -0.2) is 29.8 Å². The highest BCUT2D eigenvalue weighted by Gasteiger charge is 2.29. The maximum Gasteiger partial charge on any atom is 0.263 e. The number of hydrogen-bond acceptors (Lipinski definition) is 3. The maximum atomic E-state index is 12.7. The number of thiophene rings is 1. The van der Waals surface area contributed by atoms with Crippen LogP contribution in [0.15, 0.2) is 41.8 Å². The Morgan fingerprint density at radius 2 is 2.00 bits per heavy atom. The fraction of sp³-hybridized carbons (Fsp3) is 0.400. The van der Waals surface area contributed by atoms with Crippen molar-refractivity contribution in [2.24, 2.45) is 5.92 Å². The van der Waals surface area contributed by atoms with E-state index in [-0.39, 0.29) is 23.8 Å². The highest BCUT2D eigenvalue weighted by Crippen LogP contribution is 2.22. The third-order valence-electron chi connectivity index (χ3n) is 4.75. The summed E-state index contributed by atoms with van der Waals surface area (Å²) >= 11 is 1.45. The lowest BCUT2D eigenvalue weighted by Gasteiger charge is -2.32. The Bertz CT molecular complexity index is 725. The number of amides is 2. The van der Waals surface area contributed by atoms with E-state index < -0.39 is 0 Å². The third kappa shape index (κ3) is 4.28. The molecule has 2 aromatic rings. The van der Waals surface area contributed by atoms with E-state index in [1.165, 1.54) is 16.9 Å². The second kappa shape index (κ2) is 7.83. The minimum atomic E-state index is -0.134. The zero-order valence-electron chi connectivity index (χ0n) is 14.7. The van der Waals surface area contributed by atoms with Gasteiger partial charge in [-0.3, -0.25) is 9.59 Å². The zero-order valence-corrected chi connectivity index (χ0v) is 15.5.